The lowest BCUT2D eigenvalue weighted by Gasteiger charge is -2.04. The van der Waals surface area contributed by atoms with Gasteiger partial charge in [-0.2, -0.15) is 0 Å². The maximum absolute atomic E-state index is 13.6. The molecule has 94 valence electrons. The monoisotopic (exact) mass is 328 g/mol. The van der Waals surface area contributed by atoms with Crippen LogP contribution in [0.15, 0.2) is 27.8 Å². The summed E-state index contributed by atoms with van der Waals surface area (Å²) in [5.74, 6) is 0.328. The normalized spacial score (nSPS) is 15.0. The fourth-order valence-electron chi connectivity index (χ4n) is 1.62. The van der Waals surface area contributed by atoms with Crippen molar-refractivity contribution in [1.29, 1.82) is 0 Å². The topological polar surface area (TPSA) is 43.6 Å². The Bertz CT molecular complexity index is 570. The Morgan fingerprint density at radius 2 is 2.28 bits per heavy atom. The highest BCUT2D eigenvalue weighted by atomic mass is 79.9. The van der Waals surface area contributed by atoms with Gasteiger partial charge >= 0.3 is 0 Å². The minimum atomic E-state index is -0.198. The zero-order valence-corrected chi connectivity index (χ0v) is 11.8. The van der Waals surface area contributed by atoms with Gasteiger partial charge in [0, 0.05) is 10.2 Å². The predicted octanol–water partition coefficient (Wildman–Crippen LogP) is 3.20. The van der Waals surface area contributed by atoms with Gasteiger partial charge in [0.05, 0.1) is 6.04 Å². The first-order chi connectivity index (χ1) is 8.74. The first-order valence-corrected chi connectivity index (χ1v) is 7.36. The molecule has 0 bridgehead atoms. The number of rotatable bonds is 4. The van der Waals surface area contributed by atoms with E-state index in [-0.39, 0.29) is 5.82 Å². The lowest BCUT2D eigenvalue weighted by molar-refractivity contribution is 0.565. The summed E-state index contributed by atoms with van der Waals surface area (Å²) in [5, 5.41) is 12.4. The maximum atomic E-state index is 13.6. The van der Waals surface area contributed by atoms with E-state index in [1.807, 2.05) is 4.68 Å². The molecular formula is C11H10BrFN4S. The Morgan fingerprint density at radius 3 is 3.06 bits per heavy atom. The molecule has 1 heterocycles. The van der Waals surface area contributed by atoms with Gasteiger partial charge < -0.3 is 0 Å². The van der Waals surface area contributed by atoms with Crippen molar-refractivity contribution in [2.45, 2.75) is 29.8 Å². The molecule has 0 radical (unpaired) electrons. The van der Waals surface area contributed by atoms with Gasteiger partial charge in [-0.1, -0.05) is 27.7 Å². The third kappa shape index (κ3) is 2.56. The van der Waals surface area contributed by atoms with Crippen molar-refractivity contribution in [1.82, 2.24) is 20.2 Å². The molecular weight excluding hydrogens is 319 g/mol. The van der Waals surface area contributed by atoms with Crippen LogP contribution in [-0.2, 0) is 5.75 Å². The average Bonchev–Trinajstić information content (AvgIpc) is 3.10. The van der Waals surface area contributed by atoms with Crippen molar-refractivity contribution in [2.24, 2.45) is 0 Å². The molecule has 1 fully saturated rings. The van der Waals surface area contributed by atoms with Crippen LogP contribution < -0.4 is 0 Å². The quantitative estimate of drug-likeness (QED) is 0.808. The molecule has 0 amide bonds. The first-order valence-electron chi connectivity index (χ1n) is 5.58. The summed E-state index contributed by atoms with van der Waals surface area (Å²) < 4.78 is 16.3. The second-order valence-electron chi connectivity index (χ2n) is 4.16. The van der Waals surface area contributed by atoms with Gasteiger partial charge in [0.2, 0.25) is 5.16 Å². The van der Waals surface area contributed by atoms with Crippen LogP contribution in [0, 0.1) is 5.82 Å². The lowest BCUT2D eigenvalue weighted by atomic mass is 10.2. The van der Waals surface area contributed by atoms with Gasteiger partial charge in [-0.15, -0.1) is 5.10 Å². The maximum Gasteiger partial charge on any atom is 0.209 e. The zero-order chi connectivity index (χ0) is 12.5. The van der Waals surface area contributed by atoms with Gasteiger partial charge in [-0.25, -0.2) is 9.07 Å². The van der Waals surface area contributed by atoms with Crippen LogP contribution in [0.5, 0.6) is 0 Å². The Balaban J connectivity index is 1.73. The van der Waals surface area contributed by atoms with Crippen LogP contribution >= 0.6 is 27.7 Å². The van der Waals surface area contributed by atoms with Gasteiger partial charge in [0.25, 0.3) is 0 Å². The lowest BCUT2D eigenvalue weighted by Crippen LogP contribution is -1.99. The number of thioether (sulfide) groups is 1. The molecule has 0 unspecified atom stereocenters. The van der Waals surface area contributed by atoms with E-state index in [0.29, 0.717) is 17.4 Å². The van der Waals surface area contributed by atoms with E-state index in [1.54, 1.807) is 12.1 Å². The molecule has 1 saturated carbocycles. The van der Waals surface area contributed by atoms with E-state index in [0.717, 1.165) is 22.5 Å². The summed E-state index contributed by atoms with van der Waals surface area (Å²) >= 11 is 4.81. The van der Waals surface area contributed by atoms with Crippen LogP contribution in [0.25, 0.3) is 0 Å². The van der Waals surface area contributed by atoms with Crippen molar-refractivity contribution < 1.29 is 4.39 Å². The van der Waals surface area contributed by atoms with Crippen molar-refractivity contribution >= 4 is 27.7 Å². The second-order valence-corrected chi connectivity index (χ2v) is 6.02. The molecule has 1 aliphatic rings. The Morgan fingerprint density at radius 1 is 1.44 bits per heavy atom. The minimum Gasteiger partial charge on any atom is -0.217 e. The van der Waals surface area contributed by atoms with Crippen molar-refractivity contribution in [3.8, 4) is 0 Å². The first kappa shape index (κ1) is 12.1. The van der Waals surface area contributed by atoms with Crippen molar-refractivity contribution in [3.63, 3.8) is 0 Å². The Kier molecular flexibility index (Phi) is 3.34. The molecule has 7 heteroatoms. The highest BCUT2D eigenvalue weighted by Gasteiger charge is 2.27. The molecule has 0 saturated heterocycles. The number of tetrazole rings is 1. The molecule has 1 aromatic carbocycles. The Labute approximate surface area is 116 Å². The van der Waals surface area contributed by atoms with E-state index >= 15 is 0 Å². The molecule has 0 spiro atoms. The van der Waals surface area contributed by atoms with E-state index < -0.39 is 0 Å². The third-order valence-electron chi connectivity index (χ3n) is 2.72. The minimum absolute atomic E-state index is 0.198. The van der Waals surface area contributed by atoms with Crippen molar-refractivity contribution in [2.75, 3.05) is 0 Å². The average molecular weight is 329 g/mol. The number of nitrogens with zero attached hydrogens (tertiary/aromatic N) is 4. The van der Waals surface area contributed by atoms with Crippen molar-refractivity contribution in [3.05, 3.63) is 34.1 Å². The smallest absolute Gasteiger partial charge is 0.209 e. The largest absolute Gasteiger partial charge is 0.217 e. The molecule has 0 N–H and O–H groups in total. The van der Waals surface area contributed by atoms with Gasteiger partial charge in [0.1, 0.15) is 5.82 Å². The molecule has 3 rings (SSSR count). The highest BCUT2D eigenvalue weighted by molar-refractivity contribution is 9.10. The van der Waals surface area contributed by atoms with Crippen LogP contribution in [-0.4, -0.2) is 20.2 Å². The summed E-state index contributed by atoms with van der Waals surface area (Å²) in [7, 11) is 0. The fraction of sp³-hybridized carbons (Fsp3) is 0.364. The van der Waals surface area contributed by atoms with E-state index in [4.69, 9.17) is 0 Å². The summed E-state index contributed by atoms with van der Waals surface area (Å²) in [4.78, 5) is 0. The van der Waals surface area contributed by atoms with Gasteiger partial charge in [0.15, 0.2) is 0 Å². The van der Waals surface area contributed by atoms with Crippen LogP contribution in [0.1, 0.15) is 24.4 Å². The number of hydrogen-bond donors (Lipinski definition) is 0. The number of hydrogen-bond acceptors (Lipinski definition) is 4. The molecule has 4 nitrogen and oxygen atoms in total. The molecule has 2 aromatic rings. The SMILES string of the molecule is Fc1ccc(Br)cc1CSc1nnnn1C1CC1. The molecule has 1 aliphatic carbocycles. The van der Waals surface area contributed by atoms with Crippen LogP contribution in [0.3, 0.4) is 0 Å². The Hall–Kier alpha value is -0.950. The van der Waals surface area contributed by atoms with E-state index in [9.17, 15) is 4.39 Å². The summed E-state index contributed by atoms with van der Waals surface area (Å²) in [6.45, 7) is 0. The highest BCUT2D eigenvalue weighted by Crippen LogP contribution is 2.37. The number of benzene rings is 1. The summed E-state index contributed by atoms with van der Waals surface area (Å²) in [5.41, 5.74) is 0.653. The molecule has 0 aliphatic heterocycles. The molecule has 0 atom stereocenters. The molecule has 18 heavy (non-hydrogen) atoms. The predicted molar refractivity (Wildman–Crippen MR) is 69.7 cm³/mol. The summed E-state index contributed by atoms with van der Waals surface area (Å²) in [6, 6.07) is 5.38. The fourth-order valence-corrected chi connectivity index (χ4v) is 2.95. The van der Waals surface area contributed by atoms with Crippen LogP contribution in [0.2, 0.25) is 0 Å². The van der Waals surface area contributed by atoms with Gasteiger partial charge in [-0.3, -0.25) is 0 Å². The van der Waals surface area contributed by atoms with E-state index in [2.05, 4.69) is 31.5 Å². The third-order valence-corrected chi connectivity index (χ3v) is 4.20. The number of aromatic nitrogens is 4. The standard InChI is InChI=1S/C11H10BrFN4S/c12-8-1-4-10(13)7(5-8)6-18-11-14-15-16-17(11)9-2-3-9/h1,4-5,9H,2-3,6H2. The van der Waals surface area contributed by atoms with E-state index in [1.165, 1.54) is 17.8 Å². The summed E-state index contributed by atoms with van der Waals surface area (Å²) in [6.07, 6.45) is 2.26. The van der Waals surface area contributed by atoms with Gasteiger partial charge in [-0.05, 0) is 47.0 Å². The molecule has 1 aromatic heterocycles. The zero-order valence-electron chi connectivity index (χ0n) is 9.38. The second kappa shape index (κ2) is 4.97. The van der Waals surface area contributed by atoms with Crippen LogP contribution in [0.4, 0.5) is 4.39 Å². The number of halogens is 2.